The maximum absolute atomic E-state index is 12.6. The zero-order chi connectivity index (χ0) is 16.4. The molecule has 1 aliphatic rings. The number of rotatable bonds is 6. The van der Waals surface area contributed by atoms with Gasteiger partial charge in [0.1, 0.15) is 0 Å². The Kier molecular flexibility index (Phi) is 4.02. The van der Waals surface area contributed by atoms with Crippen LogP contribution in [0.1, 0.15) is 39.5 Å². The molecule has 7 heteroatoms. The SMILES string of the molecule is CCCCn1c(=O)c(NNC(=O)C2(C)CC2)nc2ncccc21. The van der Waals surface area contributed by atoms with Gasteiger partial charge in [-0.25, -0.2) is 9.97 Å². The molecule has 7 nitrogen and oxygen atoms in total. The Balaban J connectivity index is 1.91. The van der Waals surface area contributed by atoms with Crippen LogP contribution in [-0.4, -0.2) is 20.4 Å². The molecule has 0 atom stereocenters. The molecule has 1 amide bonds. The monoisotopic (exact) mass is 315 g/mol. The molecule has 0 saturated heterocycles. The van der Waals surface area contributed by atoms with Gasteiger partial charge in [0.2, 0.25) is 11.7 Å². The number of carbonyl (C=O) groups is 1. The Morgan fingerprint density at radius 3 is 2.91 bits per heavy atom. The quantitative estimate of drug-likeness (QED) is 0.794. The van der Waals surface area contributed by atoms with Crippen LogP contribution in [0.5, 0.6) is 0 Å². The van der Waals surface area contributed by atoms with E-state index < -0.39 is 0 Å². The molecule has 0 bridgehead atoms. The number of carbonyl (C=O) groups excluding carboxylic acids is 1. The molecular formula is C16H21N5O2. The lowest BCUT2D eigenvalue weighted by Crippen LogP contribution is -2.38. The van der Waals surface area contributed by atoms with Crippen molar-refractivity contribution in [1.29, 1.82) is 0 Å². The highest BCUT2D eigenvalue weighted by molar-refractivity contribution is 5.85. The van der Waals surface area contributed by atoms with Gasteiger partial charge in [-0.1, -0.05) is 20.3 Å². The Morgan fingerprint density at radius 1 is 1.43 bits per heavy atom. The second kappa shape index (κ2) is 5.98. The van der Waals surface area contributed by atoms with Crippen LogP contribution < -0.4 is 16.4 Å². The molecule has 1 aliphatic carbocycles. The molecule has 2 aromatic rings. The summed E-state index contributed by atoms with van der Waals surface area (Å²) in [5.41, 5.74) is 5.91. The number of aromatic nitrogens is 3. The van der Waals surface area contributed by atoms with E-state index in [0.717, 1.165) is 25.7 Å². The summed E-state index contributed by atoms with van der Waals surface area (Å²) in [6, 6.07) is 3.62. The molecule has 2 N–H and O–H groups in total. The lowest BCUT2D eigenvalue weighted by Gasteiger charge is -2.14. The normalized spacial score (nSPS) is 15.4. The number of unbranched alkanes of at least 4 members (excludes halogenated alkanes) is 1. The maximum atomic E-state index is 12.6. The number of fused-ring (bicyclic) bond motifs is 1. The van der Waals surface area contributed by atoms with E-state index in [4.69, 9.17) is 0 Å². The summed E-state index contributed by atoms with van der Waals surface area (Å²) in [6.07, 6.45) is 5.24. The van der Waals surface area contributed by atoms with Gasteiger partial charge in [0.15, 0.2) is 5.65 Å². The fourth-order valence-corrected chi connectivity index (χ4v) is 2.38. The van der Waals surface area contributed by atoms with E-state index in [1.54, 1.807) is 16.8 Å². The minimum Gasteiger partial charge on any atom is -0.302 e. The third-order valence-corrected chi connectivity index (χ3v) is 4.30. The van der Waals surface area contributed by atoms with Gasteiger partial charge in [0.25, 0.3) is 5.56 Å². The van der Waals surface area contributed by atoms with Crippen LogP contribution in [0.25, 0.3) is 11.2 Å². The topological polar surface area (TPSA) is 88.9 Å². The maximum Gasteiger partial charge on any atom is 0.295 e. The number of aryl methyl sites for hydroxylation is 1. The van der Waals surface area contributed by atoms with Crippen LogP contribution in [0.3, 0.4) is 0 Å². The van der Waals surface area contributed by atoms with Crippen molar-refractivity contribution in [2.45, 2.75) is 46.1 Å². The highest BCUT2D eigenvalue weighted by atomic mass is 16.2. The third-order valence-electron chi connectivity index (χ3n) is 4.30. The molecule has 0 radical (unpaired) electrons. The molecule has 23 heavy (non-hydrogen) atoms. The van der Waals surface area contributed by atoms with E-state index in [1.165, 1.54) is 0 Å². The molecule has 0 unspecified atom stereocenters. The van der Waals surface area contributed by atoms with E-state index >= 15 is 0 Å². The molecule has 2 aromatic heterocycles. The van der Waals surface area contributed by atoms with E-state index in [0.29, 0.717) is 17.7 Å². The van der Waals surface area contributed by atoms with Crippen molar-refractivity contribution < 1.29 is 4.79 Å². The summed E-state index contributed by atoms with van der Waals surface area (Å²) in [5, 5.41) is 0. The van der Waals surface area contributed by atoms with Crippen molar-refractivity contribution in [1.82, 2.24) is 20.0 Å². The molecular weight excluding hydrogens is 294 g/mol. The molecule has 0 aromatic carbocycles. The molecule has 1 saturated carbocycles. The number of amides is 1. The minimum absolute atomic E-state index is 0.102. The number of anilines is 1. The largest absolute Gasteiger partial charge is 0.302 e. The molecule has 0 aliphatic heterocycles. The molecule has 1 fully saturated rings. The summed E-state index contributed by atoms with van der Waals surface area (Å²) < 4.78 is 1.66. The summed E-state index contributed by atoms with van der Waals surface area (Å²) >= 11 is 0. The predicted molar refractivity (Wildman–Crippen MR) is 87.8 cm³/mol. The van der Waals surface area contributed by atoms with Crippen LogP contribution >= 0.6 is 0 Å². The Hall–Kier alpha value is -2.44. The first-order chi connectivity index (χ1) is 11.0. The Bertz CT molecular complexity index is 795. The van der Waals surface area contributed by atoms with Gasteiger partial charge in [-0.2, -0.15) is 0 Å². The minimum atomic E-state index is -0.316. The smallest absolute Gasteiger partial charge is 0.295 e. The number of hydrogen-bond donors (Lipinski definition) is 2. The fraction of sp³-hybridized carbons (Fsp3) is 0.500. The highest BCUT2D eigenvalue weighted by Crippen LogP contribution is 2.44. The summed E-state index contributed by atoms with van der Waals surface area (Å²) in [7, 11) is 0. The van der Waals surface area contributed by atoms with Crippen molar-refractivity contribution >= 4 is 22.9 Å². The van der Waals surface area contributed by atoms with Gasteiger partial charge in [0.05, 0.1) is 5.52 Å². The number of hydrogen-bond acceptors (Lipinski definition) is 5. The lowest BCUT2D eigenvalue weighted by molar-refractivity contribution is -0.125. The molecule has 2 heterocycles. The van der Waals surface area contributed by atoms with Gasteiger partial charge < -0.3 is 4.57 Å². The van der Waals surface area contributed by atoms with Crippen molar-refractivity contribution in [3.8, 4) is 0 Å². The van der Waals surface area contributed by atoms with Gasteiger partial charge in [-0.15, -0.1) is 0 Å². The second-order valence-electron chi connectivity index (χ2n) is 6.26. The van der Waals surface area contributed by atoms with Crippen LogP contribution in [0.2, 0.25) is 0 Å². The highest BCUT2D eigenvalue weighted by Gasteiger charge is 2.45. The number of nitrogens with zero attached hydrogens (tertiary/aromatic N) is 3. The average molecular weight is 315 g/mol. The Morgan fingerprint density at radius 2 is 2.22 bits per heavy atom. The summed E-state index contributed by atoms with van der Waals surface area (Å²) in [4.78, 5) is 33.1. The van der Waals surface area contributed by atoms with Crippen LogP contribution in [0, 0.1) is 5.41 Å². The fourth-order valence-electron chi connectivity index (χ4n) is 2.38. The first-order valence-corrected chi connectivity index (χ1v) is 7.97. The predicted octanol–water partition coefficient (Wildman–Crippen LogP) is 1.83. The van der Waals surface area contributed by atoms with Crippen LogP contribution in [0.4, 0.5) is 5.82 Å². The van der Waals surface area contributed by atoms with Crippen molar-refractivity contribution in [3.63, 3.8) is 0 Å². The zero-order valence-corrected chi connectivity index (χ0v) is 13.4. The second-order valence-corrected chi connectivity index (χ2v) is 6.26. The third kappa shape index (κ3) is 3.04. The number of pyridine rings is 1. The lowest BCUT2D eigenvalue weighted by atomic mass is 10.1. The van der Waals surface area contributed by atoms with E-state index in [1.807, 2.05) is 13.0 Å². The standard InChI is InChI=1S/C16H21N5O2/c1-3-4-10-21-11-6-5-9-17-12(11)18-13(14(21)22)19-20-15(23)16(2)7-8-16/h5-6,9H,3-4,7-8,10H2,1-2H3,(H,20,23)(H,17,18,19). The molecule has 0 spiro atoms. The Labute approximate surface area is 134 Å². The van der Waals surface area contributed by atoms with Gasteiger partial charge in [-0.3, -0.25) is 20.4 Å². The summed E-state index contributed by atoms with van der Waals surface area (Å²) in [6.45, 7) is 4.57. The molecule has 3 rings (SSSR count). The number of nitrogens with one attached hydrogen (secondary N) is 2. The average Bonchev–Trinajstić information content (AvgIpc) is 3.31. The van der Waals surface area contributed by atoms with Crippen molar-refractivity contribution in [3.05, 3.63) is 28.7 Å². The zero-order valence-electron chi connectivity index (χ0n) is 13.4. The van der Waals surface area contributed by atoms with Gasteiger partial charge in [-0.05, 0) is 31.4 Å². The van der Waals surface area contributed by atoms with Crippen molar-refractivity contribution in [2.24, 2.45) is 5.41 Å². The first-order valence-electron chi connectivity index (χ1n) is 7.97. The summed E-state index contributed by atoms with van der Waals surface area (Å²) in [5.74, 6) is -0.00942. The van der Waals surface area contributed by atoms with Crippen LogP contribution in [-0.2, 0) is 11.3 Å². The first kappa shape index (κ1) is 15.5. The van der Waals surface area contributed by atoms with E-state index in [9.17, 15) is 9.59 Å². The van der Waals surface area contributed by atoms with E-state index in [-0.39, 0.29) is 22.7 Å². The van der Waals surface area contributed by atoms with Crippen molar-refractivity contribution in [2.75, 3.05) is 5.43 Å². The van der Waals surface area contributed by atoms with E-state index in [2.05, 4.69) is 27.7 Å². The van der Waals surface area contributed by atoms with Gasteiger partial charge >= 0.3 is 0 Å². The van der Waals surface area contributed by atoms with Crippen LogP contribution in [0.15, 0.2) is 23.1 Å². The van der Waals surface area contributed by atoms with Gasteiger partial charge in [0, 0.05) is 18.2 Å². The number of hydrazine groups is 1. The molecule has 122 valence electrons.